The van der Waals surface area contributed by atoms with Crippen molar-refractivity contribution in [3.8, 4) is 22.8 Å². The highest BCUT2D eigenvalue weighted by Crippen LogP contribution is 2.34. The summed E-state index contributed by atoms with van der Waals surface area (Å²) in [5.74, 6) is 1.02. The van der Waals surface area contributed by atoms with E-state index in [0.29, 0.717) is 24.7 Å². The van der Waals surface area contributed by atoms with E-state index in [4.69, 9.17) is 14.2 Å². The quantitative estimate of drug-likeness (QED) is 0.485. The second kappa shape index (κ2) is 9.62. The van der Waals surface area contributed by atoms with E-state index in [1.807, 2.05) is 34.2 Å². The molecule has 0 aliphatic heterocycles. The third kappa shape index (κ3) is 4.73. The van der Waals surface area contributed by atoms with E-state index in [0.717, 1.165) is 21.9 Å². The minimum absolute atomic E-state index is 0.0757. The van der Waals surface area contributed by atoms with Gasteiger partial charge in [-0.25, -0.2) is 4.98 Å². The van der Waals surface area contributed by atoms with Gasteiger partial charge in [-0.05, 0) is 25.1 Å². The smallest absolute Gasteiger partial charge is 0.307 e. The van der Waals surface area contributed by atoms with Crippen LogP contribution in [0.25, 0.3) is 16.2 Å². The Morgan fingerprint density at radius 2 is 2.03 bits per heavy atom. The lowest BCUT2D eigenvalue weighted by atomic mass is 10.1. The molecule has 0 spiro atoms. The molecule has 0 fully saturated rings. The number of ether oxygens (including phenoxy) is 3. The van der Waals surface area contributed by atoms with Crippen LogP contribution < -0.4 is 9.47 Å². The van der Waals surface area contributed by atoms with E-state index >= 15 is 0 Å². The van der Waals surface area contributed by atoms with Crippen molar-refractivity contribution in [3.63, 3.8) is 0 Å². The van der Waals surface area contributed by atoms with Crippen molar-refractivity contribution in [3.05, 3.63) is 35.5 Å². The number of carbonyl (C=O) groups is 2. The fourth-order valence-electron chi connectivity index (χ4n) is 3.01. The Hall–Kier alpha value is -3.07. The van der Waals surface area contributed by atoms with Gasteiger partial charge in [0.25, 0.3) is 0 Å². The van der Waals surface area contributed by atoms with E-state index in [1.165, 1.54) is 11.3 Å². The lowest BCUT2D eigenvalue weighted by Gasteiger charge is -2.16. The molecule has 3 aromatic rings. The van der Waals surface area contributed by atoms with Crippen LogP contribution in [-0.2, 0) is 20.7 Å². The number of nitrogens with zero attached hydrogens (tertiary/aromatic N) is 3. The Balaban J connectivity index is 1.77. The molecular formula is C21H25N3O5S. The summed E-state index contributed by atoms with van der Waals surface area (Å²) in [7, 11) is 4.91. The molecule has 0 aliphatic rings. The van der Waals surface area contributed by atoms with Gasteiger partial charge in [-0.3, -0.25) is 14.0 Å². The van der Waals surface area contributed by atoms with E-state index in [2.05, 4.69) is 4.98 Å². The van der Waals surface area contributed by atoms with Crippen LogP contribution in [0.2, 0.25) is 0 Å². The van der Waals surface area contributed by atoms with Gasteiger partial charge in [0.1, 0.15) is 11.5 Å². The van der Waals surface area contributed by atoms with Crippen molar-refractivity contribution in [1.29, 1.82) is 0 Å². The monoisotopic (exact) mass is 431 g/mol. The molecule has 9 heteroatoms. The van der Waals surface area contributed by atoms with Crippen LogP contribution >= 0.6 is 11.3 Å². The largest absolute Gasteiger partial charge is 0.497 e. The van der Waals surface area contributed by atoms with Gasteiger partial charge in [0.05, 0.1) is 39.4 Å². The van der Waals surface area contributed by atoms with Crippen molar-refractivity contribution in [1.82, 2.24) is 14.3 Å². The maximum absolute atomic E-state index is 12.6. The molecule has 3 rings (SSSR count). The number of carbonyl (C=O) groups excluding carboxylic acids is 2. The van der Waals surface area contributed by atoms with E-state index in [1.54, 1.807) is 33.1 Å². The van der Waals surface area contributed by atoms with Crippen LogP contribution in [0.4, 0.5) is 0 Å². The van der Waals surface area contributed by atoms with Crippen molar-refractivity contribution in [2.45, 2.75) is 19.8 Å². The Bertz CT molecular complexity index is 1040. The number of thiazole rings is 1. The molecule has 8 nitrogen and oxygen atoms in total. The number of esters is 1. The number of likely N-dealkylation sites (N-methyl/N-ethyl adjacent to an activating group) is 1. The summed E-state index contributed by atoms with van der Waals surface area (Å²) in [4.78, 5) is 31.1. The first kappa shape index (κ1) is 21.6. The second-order valence-electron chi connectivity index (χ2n) is 6.62. The molecule has 0 unspecified atom stereocenters. The molecule has 2 heterocycles. The summed E-state index contributed by atoms with van der Waals surface area (Å²) in [6.45, 7) is 2.42. The number of fused-ring (bicyclic) bond motifs is 1. The van der Waals surface area contributed by atoms with Crippen LogP contribution in [0.3, 0.4) is 0 Å². The third-order valence-electron chi connectivity index (χ3n) is 4.68. The van der Waals surface area contributed by atoms with E-state index in [-0.39, 0.29) is 24.7 Å². The fraction of sp³-hybridized carbons (Fsp3) is 0.381. The lowest BCUT2D eigenvalue weighted by molar-refractivity contribution is -0.143. The predicted octanol–water partition coefficient (Wildman–Crippen LogP) is 3.03. The van der Waals surface area contributed by atoms with Crippen LogP contribution in [0.5, 0.6) is 11.5 Å². The van der Waals surface area contributed by atoms with Gasteiger partial charge in [-0.1, -0.05) is 0 Å². The van der Waals surface area contributed by atoms with Gasteiger partial charge in [0, 0.05) is 36.4 Å². The number of hydrogen-bond donors (Lipinski definition) is 0. The number of imidazole rings is 1. The molecule has 2 aromatic heterocycles. The van der Waals surface area contributed by atoms with Crippen LogP contribution in [-0.4, -0.2) is 60.6 Å². The Labute approximate surface area is 179 Å². The number of methoxy groups -OCH3 is 2. The van der Waals surface area contributed by atoms with Crippen LogP contribution in [0.15, 0.2) is 29.8 Å². The average molecular weight is 432 g/mol. The topological polar surface area (TPSA) is 82.4 Å². The zero-order valence-corrected chi connectivity index (χ0v) is 18.3. The predicted molar refractivity (Wildman–Crippen MR) is 114 cm³/mol. The van der Waals surface area contributed by atoms with Crippen molar-refractivity contribution >= 4 is 28.2 Å². The number of benzene rings is 1. The summed E-state index contributed by atoms with van der Waals surface area (Å²) in [6, 6.07) is 5.54. The van der Waals surface area contributed by atoms with Crippen molar-refractivity contribution in [2.24, 2.45) is 0 Å². The number of rotatable bonds is 9. The summed E-state index contributed by atoms with van der Waals surface area (Å²) >= 11 is 1.47. The van der Waals surface area contributed by atoms with E-state index < -0.39 is 0 Å². The van der Waals surface area contributed by atoms with Crippen LogP contribution in [0, 0.1) is 0 Å². The minimum atomic E-state index is -0.304. The first-order chi connectivity index (χ1) is 14.5. The molecule has 0 bridgehead atoms. The first-order valence-corrected chi connectivity index (χ1v) is 10.4. The normalized spacial score (nSPS) is 10.8. The Morgan fingerprint density at radius 3 is 2.73 bits per heavy atom. The summed E-state index contributed by atoms with van der Waals surface area (Å²) in [5.41, 5.74) is 2.39. The molecule has 160 valence electrons. The first-order valence-electron chi connectivity index (χ1n) is 9.54. The van der Waals surface area contributed by atoms with Gasteiger partial charge in [-0.15, -0.1) is 11.3 Å². The van der Waals surface area contributed by atoms with Crippen LogP contribution in [0.1, 0.15) is 19.0 Å². The molecule has 0 aliphatic carbocycles. The van der Waals surface area contributed by atoms with Gasteiger partial charge >= 0.3 is 5.97 Å². The fourth-order valence-corrected chi connectivity index (χ4v) is 3.88. The van der Waals surface area contributed by atoms with Gasteiger partial charge in [0.2, 0.25) is 5.91 Å². The molecule has 1 amide bonds. The van der Waals surface area contributed by atoms with Gasteiger partial charge < -0.3 is 19.1 Å². The van der Waals surface area contributed by atoms with Crippen molar-refractivity contribution < 1.29 is 23.8 Å². The SMILES string of the molecule is CCOC(=O)CCN(C)C(=O)Cc1csc2nc(-c3cc(OC)ccc3OC)cn12. The molecule has 0 atom stereocenters. The van der Waals surface area contributed by atoms with Crippen molar-refractivity contribution in [2.75, 3.05) is 34.4 Å². The van der Waals surface area contributed by atoms with E-state index in [9.17, 15) is 9.59 Å². The summed E-state index contributed by atoms with van der Waals surface area (Å²) < 4.78 is 17.6. The standard InChI is InChI=1S/C21H25N3O5S/c1-5-29-20(26)8-9-23(2)19(25)10-14-13-30-21-22-17(12-24(14)21)16-11-15(27-3)6-7-18(16)28-4/h6-7,11-13H,5,8-10H2,1-4H3. The number of aromatic nitrogens is 2. The maximum Gasteiger partial charge on any atom is 0.307 e. The second-order valence-corrected chi connectivity index (χ2v) is 7.46. The average Bonchev–Trinajstić information content (AvgIpc) is 3.33. The van der Waals surface area contributed by atoms with Gasteiger partial charge in [-0.2, -0.15) is 0 Å². The summed E-state index contributed by atoms with van der Waals surface area (Å²) in [5, 5.41) is 1.92. The van der Waals surface area contributed by atoms with Gasteiger partial charge in [0.15, 0.2) is 4.96 Å². The molecular weight excluding hydrogens is 406 g/mol. The molecule has 30 heavy (non-hydrogen) atoms. The highest BCUT2D eigenvalue weighted by Gasteiger charge is 2.18. The zero-order chi connectivity index (χ0) is 21.7. The summed E-state index contributed by atoms with van der Waals surface area (Å²) in [6.07, 6.45) is 2.29. The molecule has 0 saturated carbocycles. The minimum Gasteiger partial charge on any atom is -0.497 e. The Morgan fingerprint density at radius 1 is 1.23 bits per heavy atom. The molecule has 0 radical (unpaired) electrons. The molecule has 0 saturated heterocycles. The third-order valence-corrected chi connectivity index (χ3v) is 5.57. The lowest BCUT2D eigenvalue weighted by Crippen LogP contribution is -2.31. The zero-order valence-electron chi connectivity index (χ0n) is 17.5. The number of hydrogen-bond acceptors (Lipinski definition) is 7. The molecule has 0 N–H and O–H groups in total. The highest BCUT2D eigenvalue weighted by atomic mass is 32.1. The highest BCUT2D eigenvalue weighted by molar-refractivity contribution is 7.15. The Kier molecular flexibility index (Phi) is 6.94. The maximum atomic E-state index is 12.6. The molecule has 1 aromatic carbocycles. The number of amides is 1.